The number of hydrogen-bond donors (Lipinski definition) is 0. The lowest BCUT2D eigenvalue weighted by atomic mass is 10.2. The molecule has 1 saturated heterocycles. The largest absolute Gasteiger partial charge is 0.495 e. The van der Waals surface area contributed by atoms with Crippen LogP contribution in [0.25, 0.3) is 10.9 Å². The Labute approximate surface area is 176 Å². The lowest BCUT2D eigenvalue weighted by Crippen LogP contribution is -2.42. The highest BCUT2D eigenvalue weighted by Gasteiger charge is 2.33. The highest BCUT2D eigenvalue weighted by Crippen LogP contribution is 2.36. The van der Waals surface area contributed by atoms with Crippen molar-refractivity contribution in [2.75, 3.05) is 27.4 Å². The van der Waals surface area contributed by atoms with Crippen LogP contribution in [0.5, 0.6) is 11.5 Å². The van der Waals surface area contributed by atoms with Crippen molar-refractivity contribution in [3.63, 3.8) is 0 Å². The molecule has 1 aromatic heterocycles. The summed E-state index contributed by atoms with van der Waals surface area (Å²) >= 11 is 0. The van der Waals surface area contributed by atoms with Gasteiger partial charge in [-0.25, -0.2) is 9.59 Å². The Balaban J connectivity index is 1.84. The molecule has 0 saturated carbocycles. The molecule has 1 fully saturated rings. The number of methoxy groups -OCH3 is 2. The molecule has 164 valence electrons. The van der Waals surface area contributed by atoms with Crippen LogP contribution in [0.2, 0.25) is 0 Å². The van der Waals surface area contributed by atoms with Gasteiger partial charge in [0.1, 0.15) is 29.4 Å². The first-order valence-electron chi connectivity index (χ1n) is 10.0. The molecule has 3 rings (SSSR count). The number of ether oxygens (including phenoxy) is 4. The molecule has 2 heterocycles. The molecule has 1 aliphatic rings. The minimum Gasteiger partial charge on any atom is -0.495 e. The normalized spacial score (nSPS) is 16.6. The summed E-state index contributed by atoms with van der Waals surface area (Å²) in [6.07, 6.45) is 1.44. The average Bonchev–Trinajstić information content (AvgIpc) is 3.29. The van der Waals surface area contributed by atoms with Crippen LogP contribution in [0.4, 0.5) is 4.79 Å². The zero-order valence-corrected chi connectivity index (χ0v) is 18.5. The molecule has 0 spiro atoms. The van der Waals surface area contributed by atoms with Crippen LogP contribution in [0.3, 0.4) is 0 Å². The predicted molar refractivity (Wildman–Crippen MR) is 112 cm³/mol. The molecule has 1 aliphatic heterocycles. The van der Waals surface area contributed by atoms with Crippen molar-refractivity contribution in [3.05, 3.63) is 23.9 Å². The van der Waals surface area contributed by atoms with Crippen LogP contribution in [0.1, 0.15) is 44.1 Å². The smallest absolute Gasteiger partial charge is 0.410 e. The molecule has 8 heteroatoms. The van der Waals surface area contributed by atoms with E-state index in [4.69, 9.17) is 18.9 Å². The maximum absolute atomic E-state index is 12.5. The van der Waals surface area contributed by atoms with Crippen LogP contribution < -0.4 is 9.47 Å². The highest BCUT2D eigenvalue weighted by atomic mass is 16.6. The Morgan fingerprint density at radius 2 is 1.87 bits per heavy atom. The minimum atomic E-state index is -0.540. The fourth-order valence-electron chi connectivity index (χ4n) is 3.76. The molecule has 2 aromatic rings. The van der Waals surface area contributed by atoms with Gasteiger partial charge in [-0.15, -0.1) is 0 Å². The first-order valence-corrected chi connectivity index (χ1v) is 10.0. The number of amides is 1. The number of carbonyl (C=O) groups excluding carboxylic acids is 2. The van der Waals surface area contributed by atoms with Gasteiger partial charge in [-0.05, 0) is 51.8 Å². The molecular weight excluding hydrogens is 388 g/mol. The van der Waals surface area contributed by atoms with Crippen LogP contribution in [0, 0.1) is 0 Å². The minimum absolute atomic E-state index is 0.0687. The summed E-state index contributed by atoms with van der Waals surface area (Å²) in [5.74, 6) is 0.812. The van der Waals surface area contributed by atoms with Gasteiger partial charge < -0.3 is 28.4 Å². The van der Waals surface area contributed by atoms with Crippen LogP contribution in [0.15, 0.2) is 18.2 Å². The van der Waals surface area contributed by atoms with Crippen LogP contribution in [-0.2, 0) is 16.5 Å². The fraction of sp³-hybridized carbons (Fsp3) is 0.545. The Bertz CT molecular complexity index is 943. The first-order chi connectivity index (χ1) is 14.2. The standard InChI is InChI=1S/C22H30N2O6/c1-22(2,3)30-21(26)24-11-7-8-14(24)13-29-17-9-10-18(27-5)19-15(17)12-16(23(19)4)20(25)28-6/h9-10,12,14H,7-8,11,13H2,1-6H3/t14-/m0/s1. The van der Waals surface area contributed by atoms with Gasteiger partial charge in [0.05, 0.1) is 25.8 Å². The third-order valence-electron chi connectivity index (χ3n) is 5.17. The van der Waals surface area contributed by atoms with E-state index in [2.05, 4.69) is 0 Å². The second kappa shape index (κ2) is 8.45. The van der Waals surface area contributed by atoms with Crippen LogP contribution >= 0.6 is 0 Å². The predicted octanol–water partition coefficient (Wildman–Crippen LogP) is 3.75. The number of rotatable bonds is 5. The van der Waals surface area contributed by atoms with Crippen LogP contribution in [-0.4, -0.2) is 60.5 Å². The summed E-state index contributed by atoms with van der Waals surface area (Å²) < 4.78 is 23.7. The summed E-state index contributed by atoms with van der Waals surface area (Å²) in [6, 6.07) is 5.29. The quantitative estimate of drug-likeness (QED) is 0.688. The number of fused-ring (bicyclic) bond motifs is 1. The molecule has 0 bridgehead atoms. The number of aryl methyl sites for hydroxylation is 1. The van der Waals surface area contributed by atoms with Gasteiger partial charge in [0, 0.05) is 19.0 Å². The van der Waals surface area contributed by atoms with Crippen molar-refractivity contribution in [2.45, 2.75) is 45.3 Å². The fourth-order valence-corrected chi connectivity index (χ4v) is 3.76. The van der Waals surface area contributed by atoms with Gasteiger partial charge in [-0.2, -0.15) is 0 Å². The number of aromatic nitrogens is 1. The van der Waals surface area contributed by atoms with E-state index >= 15 is 0 Å². The average molecular weight is 418 g/mol. The summed E-state index contributed by atoms with van der Waals surface area (Å²) in [6.45, 7) is 6.56. The Kier molecular flexibility index (Phi) is 6.14. The maximum atomic E-state index is 12.5. The first kappa shape index (κ1) is 21.8. The van der Waals surface area contributed by atoms with Crippen molar-refractivity contribution in [1.82, 2.24) is 9.47 Å². The molecule has 8 nitrogen and oxygen atoms in total. The van der Waals surface area contributed by atoms with Gasteiger partial charge in [0.2, 0.25) is 0 Å². The molecule has 1 aromatic carbocycles. The summed E-state index contributed by atoms with van der Waals surface area (Å²) in [5.41, 5.74) is 0.602. The molecular formula is C22H30N2O6. The lowest BCUT2D eigenvalue weighted by Gasteiger charge is -2.28. The van der Waals surface area contributed by atoms with Gasteiger partial charge in [-0.1, -0.05) is 0 Å². The molecule has 0 aliphatic carbocycles. The molecule has 1 amide bonds. The Hall–Kier alpha value is -2.90. The third-order valence-corrected chi connectivity index (χ3v) is 5.17. The number of carbonyl (C=O) groups is 2. The van der Waals surface area contributed by atoms with E-state index in [1.165, 1.54) is 7.11 Å². The zero-order chi connectivity index (χ0) is 22.1. The van der Waals surface area contributed by atoms with E-state index in [-0.39, 0.29) is 12.1 Å². The van der Waals surface area contributed by atoms with E-state index in [1.807, 2.05) is 26.8 Å². The van der Waals surface area contributed by atoms with Crippen molar-refractivity contribution in [2.24, 2.45) is 7.05 Å². The topological polar surface area (TPSA) is 79.2 Å². The number of benzene rings is 1. The molecule has 0 N–H and O–H groups in total. The number of likely N-dealkylation sites (tertiary alicyclic amines) is 1. The maximum Gasteiger partial charge on any atom is 0.410 e. The van der Waals surface area contributed by atoms with E-state index in [0.29, 0.717) is 30.3 Å². The zero-order valence-electron chi connectivity index (χ0n) is 18.5. The molecule has 30 heavy (non-hydrogen) atoms. The molecule has 0 unspecified atom stereocenters. The second-order valence-corrected chi connectivity index (χ2v) is 8.39. The number of esters is 1. The highest BCUT2D eigenvalue weighted by molar-refractivity contribution is 6.00. The lowest BCUT2D eigenvalue weighted by molar-refractivity contribution is 0.0188. The van der Waals surface area contributed by atoms with Crippen molar-refractivity contribution < 1.29 is 28.5 Å². The Morgan fingerprint density at radius 1 is 1.17 bits per heavy atom. The molecule has 0 radical (unpaired) electrons. The Morgan fingerprint density at radius 3 is 2.50 bits per heavy atom. The SMILES string of the molecule is COC(=O)c1cc2c(OC[C@@H]3CCCN3C(=O)OC(C)(C)C)ccc(OC)c2n1C. The summed E-state index contributed by atoms with van der Waals surface area (Å²) in [5, 5.41) is 0.749. The third kappa shape index (κ3) is 4.32. The summed E-state index contributed by atoms with van der Waals surface area (Å²) in [4.78, 5) is 26.4. The van der Waals surface area contributed by atoms with E-state index in [9.17, 15) is 9.59 Å². The monoisotopic (exact) mass is 418 g/mol. The van der Waals surface area contributed by atoms with E-state index in [1.54, 1.807) is 35.8 Å². The number of nitrogens with zero attached hydrogens (tertiary/aromatic N) is 2. The van der Waals surface area contributed by atoms with Crippen molar-refractivity contribution in [3.8, 4) is 11.5 Å². The van der Waals surface area contributed by atoms with E-state index in [0.717, 1.165) is 23.7 Å². The van der Waals surface area contributed by atoms with Gasteiger partial charge in [0.25, 0.3) is 0 Å². The van der Waals surface area contributed by atoms with Gasteiger partial charge in [-0.3, -0.25) is 0 Å². The summed E-state index contributed by atoms with van der Waals surface area (Å²) in [7, 11) is 4.71. The molecule has 1 atom stereocenters. The number of hydrogen-bond acceptors (Lipinski definition) is 6. The van der Waals surface area contributed by atoms with Gasteiger partial charge in [0.15, 0.2) is 0 Å². The van der Waals surface area contributed by atoms with E-state index < -0.39 is 11.6 Å². The van der Waals surface area contributed by atoms with Crippen molar-refractivity contribution >= 4 is 23.0 Å². The second-order valence-electron chi connectivity index (χ2n) is 8.39. The van der Waals surface area contributed by atoms with Crippen molar-refractivity contribution in [1.29, 1.82) is 0 Å². The van der Waals surface area contributed by atoms with Gasteiger partial charge >= 0.3 is 12.1 Å².